The lowest BCUT2D eigenvalue weighted by atomic mass is 9.96. The van der Waals surface area contributed by atoms with Crippen LogP contribution in [0.15, 0.2) is 11.6 Å². The Morgan fingerprint density at radius 3 is 3.00 bits per heavy atom. The summed E-state index contributed by atoms with van der Waals surface area (Å²) in [5.74, 6) is 0. The molecule has 0 unspecified atom stereocenters. The van der Waals surface area contributed by atoms with Crippen LogP contribution in [0.4, 0.5) is 0 Å². The highest BCUT2D eigenvalue weighted by atomic mass is 32.1. The van der Waals surface area contributed by atoms with E-state index in [0.29, 0.717) is 0 Å². The van der Waals surface area contributed by atoms with Crippen molar-refractivity contribution in [1.82, 2.24) is 0 Å². The van der Waals surface area contributed by atoms with Gasteiger partial charge in [-0.3, -0.25) is 0 Å². The summed E-state index contributed by atoms with van der Waals surface area (Å²) in [5, 5.41) is 1.84. The fourth-order valence-electron chi connectivity index (χ4n) is 1.38. The molecule has 0 saturated carbocycles. The summed E-state index contributed by atoms with van der Waals surface area (Å²) in [5.41, 5.74) is 1.63. The predicted octanol–water partition coefficient (Wildman–Crippen LogP) is 3.27. The zero-order valence-corrected chi connectivity index (χ0v) is 7.12. The second-order valence-corrected chi connectivity index (χ2v) is 3.15. The molecular formula is C9H14S. The van der Waals surface area contributed by atoms with Crippen molar-refractivity contribution in [2.45, 2.75) is 38.5 Å². The van der Waals surface area contributed by atoms with E-state index in [0.717, 1.165) is 6.42 Å². The van der Waals surface area contributed by atoms with Gasteiger partial charge in [-0.15, -0.1) is 0 Å². The summed E-state index contributed by atoms with van der Waals surface area (Å²) in [6.45, 7) is 0. The lowest BCUT2D eigenvalue weighted by Gasteiger charge is -2.10. The second-order valence-electron chi connectivity index (χ2n) is 2.81. The van der Waals surface area contributed by atoms with Crippen LogP contribution in [0.2, 0.25) is 0 Å². The Bertz CT molecular complexity index is 136. The molecule has 0 fully saturated rings. The average Bonchev–Trinajstić information content (AvgIpc) is 2.03. The first-order valence-corrected chi connectivity index (χ1v) is 4.52. The van der Waals surface area contributed by atoms with Gasteiger partial charge in [-0.1, -0.05) is 23.9 Å². The van der Waals surface area contributed by atoms with Crippen LogP contribution < -0.4 is 0 Å². The maximum atomic E-state index is 4.77. The molecule has 0 aromatic heterocycles. The molecule has 0 heterocycles. The normalized spacial score (nSPS) is 18.2. The molecule has 0 bridgehead atoms. The molecular weight excluding hydrogens is 140 g/mol. The molecule has 0 nitrogen and oxygen atoms in total. The highest BCUT2D eigenvalue weighted by Crippen LogP contribution is 2.20. The standard InChI is InChI=1S/C9H14S/c10-8-4-7-9-5-2-1-3-6-9/h5,8H,1-4,6-7H2. The first kappa shape index (κ1) is 7.93. The van der Waals surface area contributed by atoms with Gasteiger partial charge in [0.05, 0.1) is 0 Å². The van der Waals surface area contributed by atoms with E-state index in [9.17, 15) is 0 Å². The molecule has 0 N–H and O–H groups in total. The van der Waals surface area contributed by atoms with Crippen LogP contribution in [0.3, 0.4) is 0 Å². The minimum atomic E-state index is 1.08. The van der Waals surface area contributed by atoms with E-state index in [-0.39, 0.29) is 0 Å². The molecule has 1 aliphatic carbocycles. The van der Waals surface area contributed by atoms with Crippen molar-refractivity contribution in [2.24, 2.45) is 0 Å². The highest BCUT2D eigenvalue weighted by molar-refractivity contribution is 7.78. The highest BCUT2D eigenvalue weighted by Gasteiger charge is 2.01. The van der Waals surface area contributed by atoms with E-state index in [1.54, 1.807) is 5.57 Å². The van der Waals surface area contributed by atoms with Crippen molar-refractivity contribution in [2.75, 3.05) is 0 Å². The predicted molar refractivity (Wildman–Crippen MR) is 49.4 cm³/mol. The van der Waals surface area contributed by atoms with E-state index in [1.165, 1.54) is 32.1 Å². The Hall–Kier alpha value is -0.170. The summed E-state index contributed by atoms with van der Waals surface area (Å²) in [4.78, 5) is 0. The molecule has 0 aromatic carbocycles. The average molecular weight is 154 g/mol. The van der Waals surface area contributed by atoms with Gasteiger partial charge in [0.2, 0.25) is 0 Å². The van der Waals surface area contributed by atoms with Crippen molar-refractivity contribution in [3.8, 4) is 0 Å². The maximum Gasteiger partial charge on any atom is -0.0207 e. The van der Waals surface area contributed by atoms with Gasteiger partial charge in [0.1, 0.15) is 0 Å². The molecule has 1 rings (SSSR count). The molecule has 0 amide bonds. The third-order valence-corrected chi connectivity index (χ3v) is 2.20. The Labute approximate surface area is 68.3 Å². The van der Waals surface area contributed by atoms with Gasteiger partial charge < -0.3 is 0 Å². The molecule has 1 aliphatic rings. The van der Waals surface area contributed by atoms with Gasteiger partial charge >= 0.3 is 0 Å². The Kier molecular flexibility index (Phi) is 3.66. The molecule has 0 spiro atoms. The Morgan fingerprint density at radius 1 is 1.50 bits per heavy atom. The molecule has 56 valence electrons. The molecule has 0 atom stereocenters. The summed E-state index contributed by atoms with van der Waals surface area (Å²) >= 11 is 4.77. The SMILES string of the molecule is S=CCCC1=CCCCC1. The number of rotatable bonds is 3. The van der Waals surface area contributed by atoms with Crippen molar-refractivity contribution in [3.63, 3.8) is 0 Å². The molecule has 10 heavy (non-hydrogen) atoms. The molecule has 1 heteroatoms. The van der Waals surface area contributed by atoms with Crippen LogP contribution in [0.25, 0.3) is 0 Å². The minimum Gasteiger partial charge on any atom is -0.0935 e. The lowest BCUT2D eigenvalue weighted by molar-refractivity contribution is 0.680. The third kappa shape index (κ3) is 2.61. The fraction of sp³-hybridized carbons (Fsp3) is 0.667. The number of thiocarbonyl (C=S) groups is 1. The first-order chi connectivity index (χ1) is 4.93. The van der Waals surface area contributed by atoms with Crippen LogP contribution in [0.5, 0.6) is 0 Å². The molecule has 0 aliphatic heterocycles. The Morgan fingerprint density at radius 2 is 2.40 bits per heavy atom. The largest absolute Gasteiger partial charge is 0.0935 e. The maximum absolute atomic E-state index is 4.77. The molecule has 0 radical (unpaired) electrons. The zero-order chi connectivity index (χ0) is 7.23. The number of allylic oxidation sites excluding steroid dienone is 2. The van der Waals surface area contributed by atoms with Crippen molar-refractivity contribution in [3.05, 3.63) is 11.6 Å². The van der Waals surface area contributed by atoms with Crippen molar-refractivity contribution >= 4 is 17.6 Å². The third-order valence-electron chi connectivity index (χ3n) is 1.97. The van der Waals surface area contributed by atoms with E-state index < -0.39 is 0 Å². The minimum absolute atomic E-state index is 1.08. The van der Waals surface area contributed by atoms with Gasteiger partial charge in [-0.2, -0.15) is 0 Å². The quantitative estimate of drug-likeness (QED) is 0.444. The van der Waals surface area contributed by atoms with E-state index in [1.807, 2.05) is 5.37 Å². The summed E-state index contributed by atoms with van der Waals surface area (Å²) in [6.07, 6.45) is 10.1. The van der Waals surface area contributed by atoms with Gasteiger partial charge in [0.25, 0.3) is 0 Å². The van der Waals surface area contributed by atoms with Crippen LogP contribution in [0.1, 0.15) is 38.5 Å². The summed E-state index contributed by atoms with van der Waals surface area (Å²) in [7, 11) is 0. The van der Waals surface area contributed by atoms with E-state index >= 15 is 0 Å². The number of hydrogen-bond acceptors (Lipinski definition) is 1. The van der Waals surface area contributed by atoms with Crippen LogP contribution in [-0.4, -0.2) is 5.37 Å². The lowest BCUT2D eigenvalue weighted by Crippen LogP contribution is -1.91. The summed E-state index contributed by atoms with van der Waals surface area (Å²) < 4.78 is 0. The first-order valence-electron chi connectivity index (χ1n) is 4.05. The molecule has 0 aromatic rings. The van der Waals surface area contributed by atoms with Crippen LogP contribution in [-0.2, 0) is 0 Å². The van der Waals surface area contributed by atoms with Crippen molar-refractivity contribution < 1.29 is 0 Å². The van der Waals surface area contributed by atoms with Gasteiger partial charge in [0.15, 0.2) is 0 Å². The molecule has 0 saturated heterocycles. The van der Waals surface area contributed by atoms with Crippen molar-refractivity contribution in [1.29, 1.82) is 0 Å². The van der Waals surface area contributed by atoms with Crippen LogP contribution in [0, 0.1) is 0 Å². The second kappa shape index (κ2) is 4.62. The van der Waals surface area contributed by atoms with E-state index in [2.05, 4.69) is 6.08 Å². The Balaban J connectivity index is 2.24. The van der Waals surface area contributed by atoms with Gasteiger partial charge in [-0.05, 0) is 43.9 Å². The van der Waals surface area contributed by atoms with Gasteiger partial charge in [0, 0.05) is 0 Å². The van der Waals surface area contributed by atoms with Gasteiger partial charge in [-0.25, -0.2) is 0 Å². The monoisotopic (exact) mass is 154 g/mol. The number of hydrogen-bond donors (Lipinski definition) is 0. The van der Waals surface area contributed by atoms with Crippen LogP contribution >= 0.6 is 12.2 Å². The van der Waals surface area contributed by atoms with E-state index in [4.69, 9.17) is 12.2 Å². The summed E-state index contributed by atoms with van der Waals surface area (Å²) in [6, 6.07) is 0. The topological polar surface area (TPSA) is 0 Å². The smallest absolute Gasteiger partial charge is 0.0207 e. The fourth-order valence-corrected chi connectivity index (χ4v) is 1.49. The zero-order valence-electron chi connectivity index (χ0n) is 6.31.